The second-order valence-electron chi connectivity index (χ2n) is 8.35. The fourth-order valence-corrected chi connectivity index (χ4v) is 7.72. The number of carbonyl (C=O) groups is 3. The van der Waals surface area contributed by atoms with Crippen LogP contribution in [0.25, 0.3) is 21.3 Å². The molecule has 2 aliphatic rings. The van der Waals surface area contributed by atoms with Gasteiger partial charge in [-0.3, -0.25) is 14.5 Å². The number of benzene rings is 1. The molecular weight excluding hydrogens is 516 g/mol. The predicted octanol–water partition coefficient (Wildman–Crippen LogP) is 3.20. The number of aryl methyl sites for hydroxylation is 1. The Morgan fingerprint density at radius 2 is 1.83 bits per heavy atom. The molecule has 0 saturated carbocycles. The number of carboxylic acids is 1. The Balaban J connectivity index is 1.65. The van der Waals surface area contributed by atoms with Crippen molar-refractivity contribution in [3.8, 4) is 16.9 Å². The molecule has 1 saturated heterocycles. The summed E-state index contributed by atoms with van der Waals surface area (Å²) in [5, 5.41) is 9.86. The Kier molecular flexibility index (Phi) is 6.02. The number of hydrogen-bond donors (Lipinski definition) is 1. The smallest absolute Gasteiger partial charge is 0.341 e. The number of amides is 2. The van der Waals surface area contributed by atoms with Gasteiger partial charge in [0, 0.05) is 28.7 Å². The standard InChI is InChI=1S/C23H19ClN2O7S2/c24-22-15(9-26-17(27)5-6-18(26)28)25-23-21(14-7-8-35(31,32)11-16(14)34-23)20(22)12-1-3-13(4-2-12)33-10-19(29)30/h1-4H,5-11H2,(H,29,30). The van der Waals surface area contributed by atoms with Crippen LogP contribution in [0, 0.1) is 0 Å². The van der Waals surface area contributed by atoms with Crippen LogP contribution in [0.4, 0.5) is 0 Å². The average molecular weight is 535 g/mol. The number of hydrogen-bond acceptors (Lipinski definition) is 8. The summed E-state index contributed by atoms with van der Waals surface area (Å²) in [6.07, 6.45) is 0.633. The zero-order valence-corrected chi connectivity index (χ0v) is 20.6. The van der Waals surface area contributed by atoms with E-state index in [1.165, 1.54) is 11.3 Å². The van der Waals surface area contributed by atoms with Crippen LogP contribution in [0.3, 0.4) is 0 Å². The van der Waals surface area contributed by atoms with E-state index in [0.29, 0.717) is 38.7 Å². The van der Waals surface area contributed by atoms with E-state index >= 15 is 0 Å². The van der Waals surface area contributed by atoms with Crippen LogP contribution in [-0.2, 0) is 42.9 Å². The van der Waals surface area contributed by atoms with Crippen molar-refractivity contribution in [3.63, 3.8) is 0 Å². The third-order valence-corrected chi connectivity index (χ3v) is 9.28. The van der Waals surface area contributed by atoms with Crippen LogP contribution in [0.15, 0.2) is 24.3 Å². The van der Waals surface area contributed by atoms with Crippen molar-refractivity contribution in [1.82, 2.24) is 9.88 Å². The van der Waals surface area contributed by atoms with Crippen molar-refractivity contribution < 1.29 is 32.6 Å². The molecule has 182 valence electrons. The highest BCUT2D eigenvalue weighted by molar-refractivity contribution is 7.90. The molecule has 0 atom stereocenters. The van der Waals surface area contributed by atoms with Gasteiger partial charge in [-0.05, 0) is 29.7 Å². The fourth-order valence-electron chi connectivity index (χ4n) is 4.36. The van der Waals surface area contributed by atoms with Gasteiger partial charge in [-0.25, -0.2) is 18.2 Å². The normalized spacial score (nSPS) is 17.1. The van der Waals surface area contributed by atoms with E-state index in [1.54, 1.807) is 24.3 Å². The molecule has 12 heteroatoms. The maximum absolute atomic E-state index is 12.3. The van der Waals surface area contributed by atoms with Crippen molar-refractivity contribution in [2.45, 2.75) is 31.6 Å². The quantitative estimate of drug-likeness (QED) is 0.477. The largest absolute Gasteiger partial charge is 0.482 e. The zero-order valence-electron chi connectivity index (χ0n) is 18.2. The monoisotopic (exact) mass is 534 g/mol. The van der Waals surface area contributed by atoms with E-state index in [1.807, 2.05) is 0 Å². The zero-order chi connectivity index (χ0) is 24.9. The van der Waals surface area contributed by atoms with Crippen LogP contribution in [0.1, 0.15) is 29.0 Å². The highest BCUT2D eigenvalue weighted by atomic mass is 35.5. The lowest BCUT2D eigenvalue weighted by atomic mass is 9.97. The van der Waals surface area contributed by atoms with Gasteiger partial charge in [0.2, 0.25) is 11.8 Å². The van der Waals surface area contributed by atoms with Crippen molar-refractivity contribution in [3.05, 3.63) is 45.4 Å². The summed E-state index contributed by atoms with van der Waals surface area (Å²) >= 11 is 8.14. The molecule has 3 aromatic rings. The van der Waals surface area contributed by atoms with E-state index < -0.39 is 22.4 Å². The van der Waals surface area contributed by atoms with E-state index in [-0.39, 0.29) is 47.7 Å². The molecule has 0 unspecified atom stereocenters. The molecule has 2 aliphatic heterocycles. The second-order valence-corrected chi connectivity index (χ2v) is 12.0. The molecule has 2 aromatic heterocycles. The number of fused-ring (bicyclic) bond motifs is 3. The van der Waals surface area contributed by atoms with Gasteiger partial charge in [-0.15, -0.1) is 11.3 Å². The van der Waals surface area contributed by atoms with Crippen LogP contribution >= 0.6 is 22.9 Å². The van der Waals surface area contributed by atoms with Gasteiger partial charge in [-0.1, -0.05) is 23.7 Å². The van der Waals surface area contributed by atoms with Gasteiger partial charge in [0.1, 0.15) is 10.6 Å². The molecule has 1 N–H and O–H groups in total. The molecule has 35 heavy (non-hydrogen) atoms. The second kappa shape index (κ2) is 8.89. The van der Waals surface area contributed by atoms with Gasteiger partial charge < -0.3 is 9.84 Å². The minimum absolute atomic E-state index is 0.0311. The summed E-state index contributed by atoms with van der Waals surface area (Å²) in [7, 11) is -3.21. The first kappa shape index (κ1) is 23.7. The Morgan fingerprint density at radius 3 is 2.49 bits per heavy atom. The number of rotatable bonds is 6. The molecule has 2 amide bonds. The van der Waals surface area contributed by atoms with Crippen molar-refractivity contribution in [2.24, 2.45) is 0 Å². The summed E-state index contributed by atoms with van der Waals surface area (Å²) in [5.41, 5.74) is 2.56. The lowest BCUT2D eigenvalue weighted by Crippen LogP contribution is -2.29. The molecule has 0 aliphatic carbocycles. The first-order valence-corrected chi connectivity index (χ1v) is 13.8. The van der Waals surface area contributed by atoms with E-state index in [4.69, 9.17) is 21.4 Å². The highest BCUT2D eigenvalue weighted by Gasteiger charge is 2.32. The van der Waals surface area contributed by atoms with Crippen LogP contribution in [0.5, 0.6) is 5.75 Å². The van der Waals surface area contributed by atoms with Crippen LogP contribution in [0.2, 0.25) is 5.02 Å². The first-order chi connectivity index (χ1) is 16.6. The summed E-state index contributed by atoms with van der Waals surface area (Å²) < 4.78 is 29.7. The maximum atomic E-state index is 12.3. The van der Waals surface area contributed by atoms with Gasteiger partial charge in [0.05, 0.1) is 28.8 Å². The molecule has 5 rings (SSSR count). The minimum atomic E-state index is -3.21. The lowest BCUT2D eigenvalue weighted by molar-refractivity contribution is -0.140. The van der Waals surface area contributed by atoms with E-state index in [2.05, 4.69) is 4.98 Å². The number of pyridine rings is 1. The molecule has 0 bridgehead atoms. The number of likely N-dealkylation sites (tertiary alicyclic amines) is 1. The Labute approximate surface area is 209 Å². The topological polar surface area (TPSA) is 131 Å². The molecule has 4 heterocycles. The maximum Gasteiger partial charge on any atom is 0.341 e. The first-order valence-electron chi connectivity index (χ1n) is 10.7. The van der Waals surface area contributed by atoms with Crippen LogP contribution < -0.4 is 4.74 Å². The minimum Gasteiger partial charge on any atom is -0.482 e. The number of carbonyl (C=O) groups excluding carboxylic acids is 2. The fraction of sp³-hybridized carbons (Fsp3) is 0.304. The Morgan fingerprint density at radius 1 is 1.14 bits per heavy atom. The average Bonchev–Trinajstić information content (AvgIpc) is 3.31. The summed E-state index contributed by atoms with van der Waals surface area (Å²) in [6, 6.07) is 6.71. The molecule has 0 radical (unpaired) electrons. The van der Waals surface area contributed by atoms with Crippen molar-refractivity contribution in [2.75, 3.05) is 12.4 Å². The van der Waals surface area contributed by atoms with Crippen molar-refractivity contribution >= 4 is 60.8 Å². The number of halogens is 1. The predicted molar refractivity (Wildman–Crippen MR) is 129 cm³/mol. The number of nitrogens with zero attached hydrogens (tertiary/aromatic N) is 2. The summed E-state index contributed by atoms with van der Waals surface area (Å²) in [4.78, 5) is 42.3. The van der Waals surface area contributed by atoms with Gasteiger partial charge in [-0.2, -0.15) is 0 Å². The number of carboxylic acid groups (broad SMARTS) is 1. The number of ether oxygens (including phenoxy) is 1. The SMILES string of the molecule is O=C(O)COc1ccc(-c2c(Cl)c(CN3C(=O)CCC3=O)nc3sc4c(c23)CCS(=O)(=O)C4)cc1. The van der Waals surface area contributed by atoms with E-state index in [9.17, 15) is 22.8 Å². The lowest BCUT2D eigenvalue weighted by Gasteiger charge is -2.18. The van der Waals surface area contributed by atoms with E-state index in [0.717, 1.165) is 15.8 Å². The third-order valence-electron chi connectivity index (χ3n) is 6.01. The Hall–Kier alpha value is -3.02. The van der Waals surface area contributed by atoms with Gasteiger partial charge >= 0.3 is 5.97 Å². The Bertz CT molecular complexity index is 1480. The number of aliphatic carboxylic acids is 1. The number of thiophene rings is 1. The summed E-state index contributed by atoms with van der Waals surface area (Å²) in [5.74, 6) is -1.34. The number of sulfone groups is 1. The van der Waals surface area contributed by atoms with Gasteiger partial charge in [0.15, 0.2) is 16.4 Å². The molecular formula is C23H19ClN2O7S2. The third kappa shape index (κ3) is 4.51. The number of imide groups is 1. The van der Waals surface area contributed by atoms with Gasteiger partial charge in [0.25, 0.3) is 0 Å². The molecule has 1 aromatic carbocycles. The number of aromatic nitrogens is 1. The highest BCUT2D eigenvalue weighted by Crippen LogP contribution is 2.45. The van der Waals surface area contributed by atoms with Crippen LogP contribution in [-0.4, -0.2) is 53.6 Å². The van der Waals surface area contributed by atoms with Crippen molar-refractivity contribution in [1.29, 1.82) is 0 Å². The molecule has 0 spiro atoms. The molecule has 9 nitrogen and oxygen atoms in total. The summed E-state index contributed by atoms with van der Waals surface area (Å²) in [6.45, 7) is -0.547. The molecule has 1 fully saturated rings.